The van der Waals surface area contributed by atoms with Crippen LogP contribution in [0.2, 0.25) is 5.02 Å². The topological polar surface area (TPSA) is 17.1 Å². The molecule has 0 amide bonds. The van der Waals surface area contributed by atoms with E-state index in [1.165, 1.54) is 18.2 Å². The van der Waals surface area contributed by atoms with E-state index in [1.54, 1.807) is 0 Å². The van der Waals surface area contributed by atoms with Crippen LogP contribution in [0, 0.1) is 17.7 Å². The molecule has 2 unspecified atom stereocenters. The van der Waals surface area contributed by atoms with Gasteiger partial charge in [0, 0.05) is 22.9 Å². The van der Waals surface area contributed by atoms with Crippen LogP contribution >= 0.6 is 11.6 Å². The van der Waals surface area contributed by atoms with Gasteiger partial charge in [-0.2, -0.15) is 13.2 Å². The average molecular weight is 323 g/mol. The van der Waals surface area contributed by atoms with Gasteiger partial charge in [-0.15, -0.1) is 0 Å². The van der Waals surface area contributed by atoms with Crippen molar-refractivity contribution in [2.24, 2.45) is 11.8 Å². The zero-order valence-electron chi connectivity index (χ0n) is 11.2. The fraction of sp³-hybridized carbons (Fsp3) is 0.533. The normalized spacial score (nSPS) is 23.1. The fourth-order valence-corrected chi connectivity index (χ4v) is 3.03. The van der Waals surface area contributed by atoms with Crippen molar-refractivity contribution in [2.75, 3.05) is 0 Å². The lowest BCUT2D eigenvalue weighted by atomic mass is 9.78. The Labute approximate surface area is 125 Å². The van der Waals surface area contributed by atoms with Gasteiger partial charge in [0.2, 0.25) is 0 Å². The minimum Gasteiger partial charge on any atom is -0.299 e. The molecule has 1 nitrogen and oxygen atoms in total. The first-order valence-electron chi connectivity index (χ1n) is 6.81. The van der Waals surface area contributed by atoms with Crippen molar-refractivity contribution in [1.29, 1.82) is 0 Å². The molecule has 21 heavy (non-hydrogen) atoms. The molecule has 1 saturated carbocycles. The number of carbonyl (C=O) groups excluding carboxylic acids is 1. The van der Waals surface area contributed by atoms with Crippen LogP contribution in [0.3, 0.4) is 0 Å². The molecule has 2 rings (SSSR count). The maximum absolute atomic E-state index is 13.6. The van der Waals surface area contributed by atoms with Gasteiger partial charge in [0.15, 0.2) is 0 Å². The third-order valence-corrected chi connectivity index (χ3v) is 4.36. The standard InChI is InChI=1S/C15H15ClF4O/c16-12-5-2-6-13(17)11(12)8-14(21)9-3-1-4-10(7-9)15(18,19)20/h2,5-6,9-10H,1,3-4,7-8H2. The molecule has 1 fully saturated rings. The number of ketones is 1. The van der Waals surface area contributed by atoms with Gasteiger partial charge in [0.1, 0.15) is 11.6 Å². The van der Waals surface area contributed by atoms with Crippen LogP contribution in [-0.4, -0.2) is 12.0 Å². The minimum atomic E-state index is -4.27. The van der Waals surface area contributed by atoms with Crippen molar-refractivity contribution >= 4 is 17.4 Å². The van der Waals surface area contributed by atoms with Crippen LogP contribution in [-0.2, 0) is 11.2 Å². The summed E-state index contributed by atoms with van der Waals surface area (Å²) in [5.74, 6) is -3.06. The highest BCUT2D eigenvalue weighted by atomic mass is 35.5. The van der Waals surface area contributed by atoms with E-state index in [2.05, 4.69) is 0 Å². The molecular weight excluding hydrogens is 308 g/mol. The molecular formula is C15H15ClF4O. The predicted octanol–water partition coefficient (Wildman–Crippen LogP) is 4.96. The van der Waals surface area contributed by atoms with Crippen molar-refractivity contribution in [3.8, 4) is 0 Å². The van der Waals surface area contributed by atoms with Crippen molar-refractivity contribution < 1.29 is 22.4 Å². The van der Waals surface area contributed by atoms with E-state index < -0.39 is 23.8 Å². The smallest absolute Gasteiger partial charge is 0.299 e. The molecule has 0 spiro atoms. The lowest BCUT2D eigenvalue weighted by molar-refractivity contribution is -0.186. The number of rotatable bonds is 3. The maximum Gasteiger partial charge on any atom is 0.391 e. The van der Waals surface area contributed by atoms with E-state index in [0.29, 0.717) is 12.8 Å². The number of benzene rings is 1. The zero-order chi connectivity index (χ0) is 15.6. The summed E-state index contributed by atoms with van der Waals surface area (Å²) < 4.78 is 51.8. The first-order chi connectivity index (χ1) is 9.79. The lowest BCUT2D eigenvalue weighted by Gasteiger charge is -2.29. The molecule has 0 aliphatic heterocycles. The molecule has 1 aliphatic carbocycles. The fourth-order valence-electron chi connectivity index (χ4n) is 2.80. The molecule has 6 heteroatoms. The summed E-state index contributed by atoms with van der Waals surface area (Å²) in [7, 11) is 0. The molecule has 1 aromatic rings. The monoisotopic (exact) mass is 322 g/mol. The Morgan fingerprint density at radius 1 is 1.29 bits per heavy atom. The van der Waals surface area contributed by atoms with Gasteiger partial charge in [-0.3, -0.25) is 4.79 Å². The molecule has 0 bridgehead atoms. The first kappa shape index (κ1) is 16.3. The third kappa shape index (κ3) is 3.96. The molecule has 0 saturated heterocycles. The Kier molecular flexibility index (Phi) is 4.91. The molecule has 1 aromatic carbocycles. The number of alkyl halides is 3. The SMILES string of the molecule is O=C(Cc1c(F)cccc1Cl)C1CCCC(C(F)(F)F)C1. The van der Waals surface area contributed by atoms with Gasteiger partial charge < -0.3 is 0 Å². The van der Waals surface area contributed by atoms with E-state index in [0.717, 1.165) is 0 Å². The Hall–Kier alpha value is -1.10. The molecule has 116 valence electrons. The number of Topliss-reactive ketones (excluding diaryl/α,β-unsaturated/α-hetero) is 1. The second-order valence-corrected chi connectivity index (χ2v) is 5.85. The second kappa shape index (κ2) is 6.34. The molecule has 0 heterocycles. The van der Waals surface area contributed by atoms with Gasteiger partial charge >= 0.3 is 6.18 Å². The van der Waals surface area contributed by atoms with Gasteiger partial charge in [-0.1, -0.05) is 24.1 Å². The number of hydrogen-bond acceptors (Lipinski definition) is 1. The van der Waals surface area contributed by atoms with Crippen molar-refractivity contribution in [2.45, 2.75) is 38.3 Å². The Bertz CT molecular complexity index is 507. The summed E-state index contributed by atoms with van der Waals surface area (Å²) in [6.45, 7) is 0. The van der Waals surface area contributed by atoms with E-state index in [1.807, 2.05) is 0 Å². The zero-order valence-corrected chi connectivity index (χ0v) is 12.0. The van der Waals surface area contributed by atoms with Gasteiger partial charge in [-0.25, -0.2) is 4.39 Å². The Morgan fingerprint density at radius 3 is 2.62 bits per heavy atom. The Balaban J connectivity index is 2.07. The maximum atomic E-state index is 13.6. The third-order valence-electron chi connectivity index (χ3n) is 4.01. The van der Waals surface area contributed by atoms with E-state index in [4.69, 9.17) is 11.6 Å². The first-order valence-corrected chi connectivity index (χ1v) is 7.19. The van der Waals surface area contributed by atoms with Gasteiger partial charge in [0.25, 0.3) is 0 Å². The summed E-state index contributed by atoms with van der Waals surface area (Å²) in [6.07, 6.45) is -3.86. The van der Waals surface area contributed by atoms with Crippen LogP contribution in [0.4, 0.5) is 17.6 Å². The number of halogens is 5. The van der Waals surface area contributed by atoms with Gasteiger partial charge in [0.05, 0.1) is 5.92 Å². The predicted molar refractivity (Wildman–Crippen MR) is 71.6 cm³/mol. The molecule has 0 aromatic heterocycles. The second-order valence-electron chi connectivity index (χ2n) is 5.45. The summed E-state index contributed by atoms with van der Waals surface area (Å²) in [4.78, 5) is 12.2. The Morgan fingerprint density at radius 2 is 2.00 bits per heavy atom. The summed E-state index contributed by atoms with van der Waals surface area (Å²) >= 11 is 5.84. The average Bonchev–Trinajstić information content (AvgIpc) is 2.42. The van der Waals surface area contributed by atoms with E-state index in [9.17, 15) is 22.4 Å². The highest BCUT2D eigenvalue weighted by molar-refractivity contribution is 6.31. The summed E-state index contributed by atoms with van der Waals surface area (Å²) in [5.41, 5.74) is 0.0679. The number of hydrogen-bond donors (Lipinski definition) is 0. The van der Waals surface area contributed by atoms with Crippen LogP contribution in [0.5, 0.6) is 0 Å². The molecule has 0 radical (unpaired) electrons. The van der Waals surface area contributed by atoms with Crippen LogP contribution in [0.1, 0.15) is 31.2 Å². The summed E-state index contributed by atoms with van der Waals surface area (Å²) in [6, 6.07) is 4.08. The minimum absolute atomic E-state index is 0.0632. The van der Waals surface area contributed by atoms with Crippen LogP contribution in [0.15, 0.2) is 18.2 Å². The van der Waals surface area contributed by atoms with Crippen molar-refractivity contribution in [3.05, 3.63) is 34.6 Å². The van der Waals surface area contributed by atoms with Crippen molar-refractivity contribution in [3.63, 3.8) is 0 Å². The van der Waals surface area contributed by atoms with Crippen LogP contribution in [0.25, 0.3) is 0 Å². The highest BCUT2D eigenvalue weighted by Gasteiger charge is 2.43. The molecule has 0 N–H and O–H groups in total. The quantitative estimate of drug-likeness (QED) is 0.719. The van der Waals surface area contributed by atoms with Crippen LogP contribution < -0.4 is 0 Å². The summed E-state index contributed by atoms with van der Waals surface area (Å²) in [5, 5.41) is 0.131. The van der Waals surface area contributed by atoms with Gasteiger partial charge in [-0.05, 0) is 31.4 Å². The molecule has 2 atom stereocenters. The number of carbonyl (C=O) groups is 1. The molecule has 1 aliphatic rings. The lowest BCUT2D eigenvalue weighted by Crippen LogP contribution is -2.32. The van der Waals surface area contributed by atoms with Crippen molar-refractivity contribution in [1.82, 2.24) is 0 Å². The highest BCUT2D eigenvalue weighted by Crippen LogP contribution is 2.40. The van der Waals surface area contributed by atoms with E-state index in [-0.39, 0.29) is 35.6 Å². The van der Waals surface area contributed by atoms with E-state index >= 15 is 0 Å². The largest absolute Gasteiger partial charge is 0.391 e.